The molecule has 15 heteroatoms. The van der Waals surface area contributed by atoms with Crippen LogP contribution in [0, 0.1) is 18.3 Å². The number of aliphatic carboxylic acids is 1. The number of fused-ring (bicyclic) bond motifs is 2. The van der Waals surface area contributed by atoms with Crippen LogP contribution in [-0.4, -0.2) is 99.5 Å². The standard InChI is InChI=1S/C32H37F3N8O2S.CH5N/c1-19(42-10-7-37-27(17-42)31(44)45)15-43-23(14-36)11-25-20(2)21(3-4-28(25)43)16-41-8-5-22(6-9-41)40-29-26-12-24(13-32(33,34)35)46-30(26)39-18-38-29;1-2/h3-4,11-12,18-19,22,27,37H,5-10,13,15-17H2,1-2H3,(H,44,45)(H,38,39,40);2H2,1H3. The number of piperazine rings is 1. The number of aromatic nitrogens is 3. The molecule has 5 heterocycles. The van der Waals surface area contributed by atoms with E-state index >= 15 is 0 Å². The largest absolute Gasteiger partial charge is 0.480 e. The summed E-state index contributed by atoms with van der Waals surface area (Å²) in [4.78, 5) is 25.4. The van der Waals surface area contributed by atoms with Gasteiger partial charge in [0.1, 0.15) is 34.8 Å². The molecule has 0 saturated carbocycles. The van der Waals surface area contributed by atoms with Crippen molar-refractivity contribution in [1.29, 1.82) is 5.26 Å². The van der Waals surface area contributed by atoms with Crippen LogP contribution in [0.5, 0.6) is 0 Å². The van der Waals surface area contributed by atoms with Crippen LogP contribution in [0.15, 0.2) is 30.6 Å². The first-order valence-electron chi connectivity index (χ1n) is 16.1. The first-order valence-corrected chi connectivity index (χ1v) is 16.9. The Labute approximate surface area is 281 Å². The van der Waals surface area contributed by atoms with Gasteiger partial charge in [0.25, 0.3) is 0 Å². The van der Waals surface area contributed by atoms with Gasteiger partial charge in [-0.05, 0) is 63.1 Å². The molecule has 0 bridgehead atoms. The average molecular weight is 686 g/mol. The van der Waals surface area contributed by atoms with E-state index in [4.69, 9.17) is 0 Å². The number of piperidine rings is 1. The lowest BCUT2D eigenvalue weighted by Crippen LogP contribution is -2.56. The summed E-state index contributed by atoms with van der Waals surface area (Å²) in [7, 11) is 1.50. The maximum atomic E-state index is 12.9. The Morgan fingerprint density at radius 1 is 1.21 bits per heavy atom. The Kier molecular flexibility index (Phi) is 11.2. The Morgan fingerprint density at radius 3 is 2.65 bits per heavy atom. The molecule has 3 aromatic heterocycles. The Balaban J connectivity index is 0.00000221. The fraction of sp³-hybridized carbons (Fsp3) is 0.515. The van der Waals surface area contributed by atoms with Crippen molar-refractivity contribution in [3.05, 3.63) is 52.3 Å². The zero-order valence-corrected chi connectivity index (χ0v) is 28.2. The number of rotatable bonds is 9. The van der Waals surface area contributed by atoms with E-state index in [-0.39, 0.29) is 17.0 Å². The molecule has 0 spiro atoms. The van der Waals surface area contributed by atoms with Gasteiger partial charge in [-0.2, -0.15) is 18.4 Å². The quantitative estimate of drug-likeness (QED) is 0.201. The lowest BCUT2D eigenvalue weighted by Gasteiger charge is -2.36. The molecule has 2 aliphatic rings. The van der Waals surface area contributed by atoms with Gasteiger partial charge in [-0.15, -0.1) is 11.3 Å². The molecule has 0 amide bonds. The van der Waals surface area contributed by atoms with Gasteiger partial charge >= 0.3 is 12.1 Å². The van der Waals surface area contributed by atoms with E-state index in [0.29, 0.717) is 41.4 Å². The highest BCUT2D eigenvalue weighted by atomic mass is 32.1. The number of likely N-dealkylation sites (tertiary alicyclic amines) is 1. The third-order valence-electron chi connectivity index (χ3n) is 9.23. The summed E-state index contributed by atoms with van der Waals surface area (Å²) < 4.78 is 40.8. The van der Waals surface area contributed by atoms with Crippen LogP contribution in [0.1, 0.15) is 41.5 Å². The van der Waals surface area contributed by atoms with Crippen molar-refractivity contribution < 1.29 is 23.1 Å². The molecule has 2 aliphatic heterocycles. The van der Waals surface area contributed by atoms with Crippen LogP contribution in [0.25, 0.3) is 21.1 Å². The molecule has 0 aliphatic carbocycles. The Hall–Kier alpha value is -3.81. The highest BCUT2D eigenvalue weighted by molar-refractivity contribution is 7.18. The Bertz CT molecular complexity index is 1780. The predicted molar refractivity (Wildman–Crippen MR) is 181 cm³/mol. The summed E-state index contributed by atoms with van der Waals surface area (Å²) >= 11 is 1.06. The molecule has 0 radical (unpaired) electrons. The van der Waals surface area contributed by atoms with Gasteiger partial charge in [-0.25, -0.2) is 9.97 Å². The van der Waals surface area contributed by atoms with Gasteiger partial charge in [0, 0.05) is 73.7 Å². The number of nitriles is 1. The van der Waals surface area contributed by atoms with Crippen molar-refractivity contribution >= 4 is 44.2 Å². The number of nitrogens with one attached hydrogen (secondary N) is 2. The monoisotopic (exact) mass is 685 g/mol. The van der Waals surface area contributed by atoms with E-state index in [9.17, 15) is 28.3 Å². The molecule has 1 aromatic carbocycles. The van der Waals surface area contributed by atoms with Gasteiger partial charge < -0.3 is 26.0 Å². The number of hydrogen-bond acceptors (Lipinski definition) is 10. The van der Waals surface area contributed by atoms with Crippen molar-refractivity contribution in [1.82, 2.24) is 29.7 Å². The molecule has 2 saturated heterocycles. The summed E-state index contributed by atoms with van der Waals surface area (Å²) in [6.45, 7) is 9.05. The number of nitrogens with zero attached hydrogens (tertiary/aromatic N) is 6. The highest BCUT2D eigenvalue weighted by Gasteiger charge is 2.30. The van der Waals surface area contributed by atoms with Crippen LogP contribution in [0.3, 0.4) is 0 Å². The normalized spacial score (nSPS) is 18.8. The maximum Gasteiger partial charge on any atom is 0.393 e. The third-order valence-corrected chi connectivity index (χ3v) is 10.3. The van der Waals surface area contributed by atoms with Crippen LogP contribution in [0.4, 0.5) is 19.0 Å². The first-order chi connectivity index (χ1) is 23.0. The molecule has 6 rings (SSSR count). The fourth-order valence-electron chi connectivity index (χ4n) is 6.67. The number of carbonyl (C=O) groups is 1. The van der Waals surface area contributed by atoms with Gasteiger partial charge in [-0.1, -0.05) is 6.07 Å². The van der Waals surface area contributed by atoms with Crippen LogP contribution in [-0.2, 0) is 24.3 Å². The van der Waals surface area contributed by atoms with Crippen LogP contribution in [0.2, 0.25) is 0 Å². The van der Waals surface area contributed by atoms with Crippen molar-refractivity contribution in [2.75, 3.05) is 45.1 Å². The molecule has 2 unspecified atom stereocenters. The molecular formula is C33H42F3N9O2S. The van der Waals surface area contributed by atoms with E-state index in [1.54, 1.807) is 6.07 Å². The van der Waals surface area contributed by atoms with E-state index in [0.717, 1.165) is 66.8 Å². The number of aryl methyl sites for hydroxylation is 1. The lowest BCUT2D eigenvalue weighted by atomic mass is 10.0. The second-order valence-corrected chi connectivity index (χ2v) is 13.5. The molecule has 48 heavy (non-hydrogen) atoms. The molecule has 2 atom stereocenters. The minimum absolute atomic E-state index is 0.0571. The second kappa shape index (κ2) is 15.2. The number of anilines is 1. The minimum Gasteiger partial charge on any atom is -0.480 e. The number of thiophene rings is 1. The second-order valence-electron chi connectivity index (χ2n) is 12.4. The number of nitrogens with two attached hydrogens (primary N) is 1. The lowest BCUT2D eigenvalue weighted by molar-refractivity contribution is -0.141. The topological polar surface area (TPSA) is 148 Å². The predicted octanol–water partition coefficient (Wildman–Crippen LogP) is 4.33. The SMILES string of the molecule is CN.Cc1c(CN2CCC(Nc3ncnc4sc(CC(F)(F)F)cc34)CC2)ccc2c1cc(C#N)n2CC(C)N1CCNC(C(=O)O)C1. The van der Waals surface area contributed by atoms with Gasteiger partial charge in [0.05, 0.1) is 11.8 Å². The molecular weight excluding hydrogens is 643 g/mol. The third kappa shape index (κ3) is 8.07. The van der Waals surface area contributed by atoms with E-state index in [1.165, 1.54) is 18.9 Å². The molecule has 258 valence electrons. The molecule has 5 N–H and O–H groups in total. The maximum absolute atomic E-state index is 12.9. The number of halogens is 3. The first kappa shape index (κ1) is 35.5. The molecule has 11 nitrogen and oxygen atoms in total. The van der Waals surface area contributed by atoms with E-state index in [1.807, 2.05) is 6.07 Å². The number of carboxylic acids is 1. The summed E-state index contributed by atoms with van der Waals surface area (Å²) in [5, 5.41) is 27.6. The van der Waals surface area contributed by atoms with E-state index < -0.39 is 24.6 Å². The summed E-state index contributed by atoms with van der Waals surface area (Å²) in [5.41, 5.74) is 8.44. The highest BCUT2D eigenvalue weighted by Crippen LogP contribution is 2.33. The van der Waals surface area contributed by atoms with Crippen molar-refractivity contribution in [3.63, 3.8) is 0 Å². The summed E-state index contributed by atoms with van der Waals surface area (Å²) in [6.07, 6.45) is -2.09. The fourth-order valence-corrected chi connectivity index (χ4v) is 7.70. The number of carboxylic acid groups (broad SMARTS) is 1. The van der Waals surface area contributed by atoms with Crippen LogP contribution >= 0.6 is 11.3 Å². The smallest absolute Gasteiger partial charge is 0.393 e. The van der Waals surface area contributed by atoms with Crippen LogP contribution < -0.4 is 16.4 Å². The minimum atomic E-state index is -4.27. The zero-order valence-electron chi connectivity index (χ0n) is 27.3. The van der Waals surface area contributed by atoms with Gasteiger partial charge in [-0.3, -0.25) is 14.6 Å². The number of hydrogen-bond donors (Lipinski definition) is 4. The average Bonchev–Trinajstić information content (AvgIpc) is 3.64. The summed E-state index contributed by atoms with van der Waals surface area (Å²) in [6, 6.07) is 9.71. The van der Waals surface area contributed by atoms with Gasteiger partial charge in [0.15, 0.2) is 0 Å². The molecule has 2 fully saturated rings. The van der Waals surface area contributed by atoms with Crippen molar-refractivity contribution in [2.24, 2.45) is 5.73 Å². The number of alkyl halides is 3. The number of benzene rings is 1. The Morgan fingerprint density at radius 2 is 1.96 bits per heavy atom. The molecule has 4 aromatic rings. The van der Waals surface area contributed by atoms with Crippen molar-refractivity contribution in [3.8, 4) is 6.07 Å². The van der Waals surface area contributed by atoms with Gasteiger partial charge in [0.2, 0.25) is 0 Å². The zero-order chi connectivity index (χ0) is 34.6. The summed E-state index contributed by atoms with van der Waals surface area (Å²) in [5.74, 6) is -0.267. The van der Waals surface area contributed by atoms with E-state index in [2.05, 4.69) is 72.8 Å². The van der Waals surface area contributed by atoms with Crippen molar-refractivity contribution in [2.45, 2.75) is 70.5 Å².